The average molecular weight is 391 g/mol. The molecule has 2 rings (SSSR count). The van der Waals surface area contributed by atoms with E-state index in [0.717, 1.165) is 71.3 Å². The minimum Gasteiger partial charge on any atom is -0.381 e. The molecule has 0 saturated carbocycles. The summed E-state index contributed by atoms with van der Waals surface area (Å²) in [5, 5.41) is 6.73. The Hall–Kier alpha value is -1.63. The summed E-state index contributed by atoms with van der Waals surface area (Å²) in [7, 11) is 1.80. The predicted octanol–water partition coefficient (Wildman–Crippen LogP) is 2.16. The van der Waals surface area contributed by atoms with Crippen molar-refractivity contribution >= 4 is 5.96 Å². The fourth-order valence-electron chi connectivity index (χ4n) is 3.34. The van der Waals surface area contributed by atoms with E-state index in [-0.39, 0.29) is 6.10 Å². The molecule has 1 aliphatic heterocycles. The molecule has 28 heavy (non-hydrogen) atoms. The van der Waals surface area contributed by atoms with E-state index in [0.29, 0.717) is 5.92 Å². The van der Waals surface area contributed by atoms with E-state index in [9.17, 15) is 0 Å². The van der Waals surface area contributed by atoms with Gasteiger partial charge in [0.15, 0.2) is 5.96 Å². The second-order valence-electron chi connectivity index (χ2n) is 7.73. The van der Waals surface area contributed by atoms with Gasteiger partial charge in [-0.15, -0.1) is 0 Å². The monoisotopic (exact) mass is 390 g/mol. The molecule has 1 saturated heterocycles. The van der Waals surface area contributed by atoms with Crippen LogP contribution in [0.15, 0.2) is 35.3 Å². The van der Waals surface area contributed by atoms with Crippen molar-refractivity contribution in [1.29, 1.82) is 0 Å². The first kappa shape index (κ1) is 22.7. The molecule has 1 aromatic rings. The van der Waals surface area contributed by atoms with E-state index < -0.39 is 0 Å². The molecule has 0 aliphatic carbocycles. The average Bonchev–Trinajstić information content (AvgIpc) is 2.70. The molecule has 6 heteroatoms. The van der Waals surface area contributed by atoms with Crippen LogP contribution in [-0.2, 0) is 15.9 Å². The van der Waals surface area contributed by atoms with Gasteiger partial charge in [0, 0.05) is 46.4 Å². The first-order chi connectivity index (χ1) is 13.7. The number of benzene rings is 1. The molecule has 1 atom stereocenters. The summed E-state index contributed by atoms with van der Waals surface area (Å²) >= 11 is 0. The smallest absolute Gasteiger partial charge is 0.191 e. The van der Waals surface area contributed by atoms with Crippen LogP contribution in [0.2, 0.25) is 0 Å². The molecule has 6 nitrogen and oxygen atoms in total. The third-order valence-corrected chi connectivity index (χ3v) is 4.70. The number of rotatable bonds is 11. The highest BCUT2D eigenvalue weighted by atomic mass is 16.5. The summed E-state index contributed by atoms with van der Waals surface area (Å²) in [5.41, 5.74) is 1.32. The Morgan fingerprint density at radius 2 is 2.07 bits per heavy atom. The highest BCUT2D eigenvalue weighted by molar-refractivity contribution is 5.79. The standard InChI is InChI=1S/C22H38N4O2/c1-19(2)17-26-12-15-28-21(18-26)16-25-22(23-3)24-11-7-13-27-14-10-20-8-5-4-6-9-20/h4-6,8-9,19,21H,7,10-18H2,1-3H3,(H2,23,24,25). The zero-order valence-electron chi connectivity index (χ0n) is 17.8. The van der Waals surface area contributed by atoms with Crippen molar-refractivity contribution in [3.8, 4) is 0 Å². The van der Waals surface area contributed by atoms with E-state index in [1.54, 1.807) is 7.05 Å². The fraction of sp³-hybridized carbons (Fsp3) is 0.682. The molecule has 158 valence electrons. The molecule has 1 unspecified atom stereocenters. The Balaban J connectivity index is 1.51. The van der Waals surface area contributed by atoms with Gasteiger partial charge in [0.25, 0.3) is 0 Å². The Kier molecular flexibility index (Phi) is 10.9. The number of guanidine groups is 1. The quantitative estimate of drug-likeness (QED) is 0.344. The molecule has 1 aliphatic rings. The largest absolute Gasteiger partial charge is 0.381 e. The lowest BCUT2D eigenvalue weighted by Crippen LogP contribution is -2.50. The van der Waals surface area contributed by atoms with Gasteiger partial charge in [0.05, 0.1) is 19.3 Å². The van der Waals surface area contributed by atoms with Gasteiger partial charge in [0.1, 0.15) is 0 Å². The first-order valence-electron chi connectivity index (χ1n) is 10.6. The van der Waals surface area contributed by atoms with Crippen molar-refractivity contribution in [2.24, 2.45) is 10.9 Å². The molecule has 1 fully saturated rings. The Morgan fingerprint density at radius 3 is 2.82 bits per heavy atom. The van der Waals surface area contributed by atoms with Gasteiger partial charge in [-0.05, 0) is 24.3 Å². The number of morpholine rings is 1. The third kappa shape index (κ3) is 9.53. The normalized spacial score (nSPS) is 18.4. The van der Waals surface area contributed by atoms with Crippen LogP contribution < -0.4 is 10.6 Å². The van der Waals surface area contributed by atoms with E-state index >= 15 is 0 Å². The third-order valence-electron chi connectivity index (χ3n) is 4.70. The van der Waals surface area contributed by atoms with Gasteiger partial charge in [-0.3, -0.25) is 9.89 Å². The predicted molar refractivity (Wildman–Crippen MR) is 116 cm³/mol. The van der Waals surface area contributed by atoms with Gasteiger partial charge in [-0.25, -0.2) is 0 Å². The zero-order valence-corrected chi connectivity index (χ0v) is 17.8. The summed E-state index contributed by atoms with van der Waals surface area (Å²) in [6.45, 7) is 11.6. The molecule has 1 aromatic carbocycles. The maximum Gasteiger partial charge on any atom is 0.191 e. The van der Waals surface area contributed by atoms with Gasteiger partial charge in [0.2, 0.25) is 0 Å². The lowest BCUT2D eigenvalue weighted by atomic mass is 10.2. The van der Waals surface area contributed by atoms with Crippen molar-refractivity contribution in [2.75, 3.05) is 59.6 Å². The molecule has 0 bridgehead atoms. The van der Waals surface area contributed by atoms with E-state index in [1.165, 1.54) is 5.56 Å². The number of nitrogens with one attached hydrogen (secondary N) is 2. The lowest BCUT2D eigenvalue weighted by Gasteiger charge is -2.34. The molecule has 0 amide bonds. The van der Waals surface area contributed by atoms with Crippen molar-refractivity contribution in [1.82, 2.24) is 15.5 Å². The molecular formula is C22H38N4O2. The minimum absolute atomic E-state index is 0.215. The van der Waals surface area contributed by atoms with Crippen LogP contribution in [0.3, 0.4) is 0 Å². The first-order valence-corrected chi connectivity index (χ1v) is 10.6. The van der Waals surface area contributed by atoms with Crippen LogP contribution in [-0.4, -0.2) is 76.6 Å². The van der Waals surface area contributed by atoms with Crippen LogP contribution >= 0.6 is 0 Å². The van der Waals surface area contributed by atoms with Gasteiger partial charge < -0.3 is 20.1 Å². The van der Waals surface area contributed by atoms with E-state index in [4.69, 9.17) is 9.47 Å². The summed E-state index contributed by atoms with van der Waals surface area (Å²) in [4.78, 5) is 6.79. The number of hydrogen-bond acceptors (Lipinski definition) is 4. The summed E-state index contributed by atoms with van der Waals surface area (Å²) in [6, 6.07) is 10.5. The molecule has 2 N–H and O–H groups in total. The Morgan fingerprint density at radius 1 is 1.25 bits per heavy atom. The molecule has 0 aromatic heterocycles. The van der Waals surface area contributed by atoms with Crippen LogP contribution in [0.1, 0.15) is 25.8 Å². The second kappa shape index (κ2) is 13.5. The molecule has 0 radical (unpaired) electrons. The Bertz CT molecular complexity index is 551. The van der Waals surface area contributed by atoms with Gasteiger partial charge >= 0.3 is 0 Å². The minimum atomic E-state index is 0.215. The van der Waals surface area contributed by atoms with Crippen molar-refractivity contribution in [3.05, 3.63) is 35.9 Å². The van der Waals surface area contributed by atoms with Crippen LogP contribution in [0.5, 0.6) is 0 Å². The van der Waals surface area contributed by atoms with Crippen molar-refractivity contribution in [2.45, 2.75) is 32.8 Å². The summed E-state index contributed by atoms with van der Waals surface area (Å²) in [5.74, 6) is 1.52. The maximum absolute atomic E-state index is 5.88. The van der Waals surface area contributed by atoms with Crippen LogP contribution in [0.25, 0.3) is 0 Å². The highest BCUT2D eigenvalue weighted by Crippen LogP contribution is 2.07. The van der Waals surface area contributed by atoms with E-state index in [2.05, 4.69) is 58.6 Å². The lowest BCUT2D eigenvalue weighted by molar-refractivity contribution is -0.0284. The number of hydrogen-bond donors (Lipinski definition) is 2. The van der Waals surface area contributed by atoms with Crippen molar-refractivity contribution < 1.29 is 9.47 Å². The SMILES string of the molecule is CN=C(NCCCOCCc1ccccc1)NCC1CN(CC(C)C)CCO1. The summed E-state index contributed by atoms with van der Waals surface area (Å²) in [6.07, 6.45) is 2.14. The van der Waals surface area contributed by atoms with E-state index in [1.807, 2.05) is 6.07 Å². The molecule has 0 spiro atoms. The topological polar surface area (TPSA) is 58.1 Å². The molecular weight excluding hydrogens is 352 g/mol. The molecule has 1 heterocycles. The highest BCUT2D eigenvalue weighted by Gasteiger charge is 2.20. The van der Waals surface area contributed by atoms with Gasteiger partial charge in [-0.2, -0.15) is 0 Å². The number of aliphatic imine (C=N–C) groups is 1. The van der Waals surface area contributed by atoms with Crippen molar-refractivity contribution in [3.63, 3.8) is 0 Å². The fourth-order valence-corrected chi connectivity index (χ4v) is 3.34. The number of nitrogens with zero attached hydrogens (tertiary/aromatic N) is 2. The van der Waals surface area contributed by atoms with Gasteiger partial charge in [-0.1, -0.05) is 44.2 Å². The van der Waals surface area contributed by atoms with Crippen LogP contribution in [0, 0.1) is 5.92 Å². The second-order valence-corrected chi connectivity index (χ2v) is 7.73. The summed E-state index contributed by atoms with van der Waals surface area (Å²) < 4.78 is 11.6. The van der Waals surface area contributed by atoms with Crippen LogP contribution in [0.4, 0.5) is 0 Å². The number of ether oxygens (including phenoxy) is 2. The maximum atomic E-state index is 5.88. The zero-order chi connectivity index (χ0) is 20.0. The Labute approximate surface area is 170 Å².